The molecule has 0 spiro atoms. The number of amides is 1. The van der Waals surface area contributed by atoms with Gasteiger partial charge in [-0.2, -0.15) is 0 Å². The van der Waals surface area contributed by atoms with Crippen LogP contribution >= 0.6 is 22.9 Å². The fourth-order valence-electron chi connectivity index (χ4n) is 3.96. The van der Waals surface area contributed by atoms with E-state index in [2.05, 4.69) is 5.32 Å². The number of fused-ring (bicyclic) bond motifs is 1. The lowest BCUT2D eigenvalue weighted by atomic mass is 10.0. The summed E-state index contributed by atoms with van der Waals surface area (Å²) in [6.45, 7) is 6.61. The summed E-state index contributed by atoms with van der Waals surface area (Å²) in [4.78, 5) is 26.3. The van der Waals surface area contributed by atoms with E-state index in [1.165, 1.54) is 11.3 Å². The van der Waals surface area contributed by atoms with Gasteiger partial charge in [-0.3, -0.25) is 4.79 Å². The first-order valence-electron chi connectivity index (χ1n) is 10.4. The van der Waals surface area contributed by atoms with Crippen molar-refractivity contribution in [3.63, 3.8) is 0 Å². The average molecular weight is 467 g/mol. The smallest absolute Gasteiger partial charge is 0.341 e. The molecule has 1 N–H and O–H groups in total. The minimum Gasteiger partial charge on any atom is -0.462 e. The van der Waals surface area contributed by atoms with E-state index in [0.29, 0.717) is 33.4 Å². The van der Waals surface area contributed by atoms with Crippen molar-refractivity contribution in [2.45, 2.75) is 27.3 Å². The first-order chi connectivity index (χ1) is 15.5. The van der Waals surface area contributed by atoms with Crippen LogP contribution in [-0.4, -0.2) is 23.1 Å². The van der Waals surface area contributed by atoms with E-state index in [9.17, 15) is 9.59 Å². The Bertz CT molecular complexity index is 1300. The Labute approximate surface area is 195 Å². The number of carbonyl (C=O) groups excluding carboxylic acids is 2. The molecular weight excluding hydrogens is 444 g/mol. The summed E-state index contributed by atoms with van der Waals surface area (Å²) in [6.07, 6.45) is 0. The number of halogens is 1. The highest BCUT2D eigenvalue weighted by Crippen LogP contribution is 2.37. The van der Waals surface area contributed by atoms with Crippen molar-refractivity contribution >= 4 is 50.7 Å². The molecule has 0 aliphatic rings. The zero-order valence-electron chi connectivity index (χ0n) is 18.1. The molecule has 0 radical (unpaired) electrons. The van der Waals surface area contributed by atoms with Crippen molar-refractivity contribution in [3.8, 4) is 11.1 Å². The topological polar surface area (TPSA) is 60.3 Å². The monoisotopic (exact) mass is 466 g/mol. The second-order valence-corrected chi connectivity index (χ2v) is 8.59. The van der Waals surface area contributed by atoms with Crippen LogP contribution in [0.25, 0.3) is 22.0 Å². The molecular formula is C25H23ClN2O3S. The highest BCUT2D eigenvalue weighted by atomic mass is 35.5. The lowest BCUT2D eigenvalue weighted by molar-refractivity contribution is 0.0529. The lowest BCUT2D eigenvalue weighted by Crippen LogP contribution is -2.19. The number of rotatable bonds is 6. The van der Waals surface area contributed by atoms with Gasteiger partial charge >= 0.3 is 5.97 Å². The number of para-hydroxylation sites is 1. The Morgan fingerprint density at radius 2 is 1.81 bits per heavy atom. The SMILES string of the molecule is CCOC(=O)c1c(-c2ccc(Cl)cc2)csc1NC(=O)c1c(C)c2ccccc2n1CC. The minimum absolute atomic E-state index is 0.241. The summed E-state index contributed by atoms with van der Waals surface area (Å²) in [5.74, 6) is -0.725. The van der Waals surface area contributed by atoms with Crippen molar-refractivity contribution in [2.24, 2.45) is 0 Å². The third kappa shape index (κ3) is 3.92. The van der Waals surface area contributed by atoms with Gasteiger partial charge in [-0.05, 0) is 50.1 Å². The van der Waals surface area contributed by atoms with Gasteiger partial charge in [0.25, 0.3) is 5.91 Å². The van der Waals surface area contributed by atoms with Crippen LogP contribution < -0.4 is 5.32 Å². The number of hydrogen-bond acceptors (Lipinski definition) is 4. The van der Waals surface area contributed by atoms with Crippen LogP contribution in [0.3, 0.4) is 0 Å². The molecule has 5 nitrogen and oxygen atoms in total. The average Bonchev–Trinajstić information content (AvgIpc) is 3.33. The molecule has 0 fully saturated rings. The zero-order valence-corrected chi connectivity index (χ0v) is 19.6. The van der Waals surface area contributed by atoms with Crippen LogP contribution in [0.15, 0.2) is 53.9 Å². The molecule has 0 unspecified atom stereocenters. The highest BCUT2D eigenvalue weighted by molar-refractivity contribution is 7.15. The highest BCUT2D eigenvalue weighted by Gasteiger charge is 2.25. The first-order valence-corrected chi connectivity index (χ1v) is 11.7. The second kappa shape index (κ2) is 9.18. The van der Waals surface area contributed by atoms with Gasteiger partial charge in [0, 0.05) is 33.4 Å². The Balaban J connectivity index is 1.77. The van der Waals surface area contributed by atoms with Gasteiger partial charge < -0.3 is 14.6 Å². The van der Waals surface area contributed by atoms with Gasteiger partial charge in [-0.15, -0.1) is 11.3 Å². The zero-order chi connectivity index (χ0) is 22.8. The quantitative estimate of drug-likeness (QED) is 0.318. The number of nitrogens with one attached hydrogen (secondary N) is 1. The molecule has 0 saturated carbocycles. The maximum Gasteiger partial charge on any atom is 0.341 e. The predicted octanol–water partition coefficient (Wildman–Crippen LogP) is 6.78. The van der Waals surface area contributed by atoms with E-state index >= 15 is 0 Å². The van der Waals surface area contributed by atoms with Crippen molar-refractivity contribution < 1.29 is 14.3 Å². The third-order valence-electron chi connectivity index (χ3n) is 5.41. The number of ether oxygens (including phenoxy) is 1. The van der Waals surface area contributed by atoms with Crippen LogP contribution in [0.1, 0.15) is 40.3 Å². The van der Waals surface area contributed by atoms with Crippen LogP contribution in [0.5, 0.6) is 0 Å². The molecule has 7 heteroatoms. The number of esters is 1. The number of anilines is 1. The number of benzene rings is 2. The van der Waals surface area contributed by atoms with E-state index in [-0.39, 0.29) is 12.5 Å². The summed E-state index contributed by atoms with van der Waals surface area (Å²) >= 11 is 7.33. The van der Waals surface area contributed by atoms with Gasteiger partial charge in [-0.25, -0.2) is 4.79 Å². The molecule has 2 heterocycles. The van der Waals surface area contributed by atoms with Crippen LogP contribution in [0.2, 0.25) is 5.02 Å². The summed E-state index contributed by atoms with van der Waals surface area (Å²) in [6, 6.07) is 15.2. The van der Waals surface area contributed by atoms with Gasteiger partial charge in [0.2, 0.25) is 0 Å². The molecule has 0 saturated heterocycles. The summed E-state index contributed by atoms with van der Waals surface area (Å²) in [5.41, 5.74) is 4.39. The molecule has 164 valence electrons. The van der Waals surface area contributed by atoms with Crippen LogP contribution in [0.4, 0.5) is 5.00 Å². The maximum absolute atomic E-state index is 13.4. The second-order valence-electron chi connectivity index (χ2n) is 7.27. The van der Waals surface area contributed by atoms with E-state index in [4.69, 9.17) is 16.3 Å². The summed E-state index contributed by atoms with van der Waals surface area (Å²) in [5, 5.41) is 6.94. The van der Waals surface area contributed by atoms with E-state index < -0.39 is 5.97 Å². The molecule has 1 amide bonds. The lowest BCUT2D eigenvalue weighted by Gasteiger charge is -2.11. The van der Waals surface area contributed by atoms with Crippen molar-refractivity contribution in [3.05, 3.63) is 75.8 Å². The molecule has 0 aliphatic carbocycles. The van der Waals surface area contributed by atoms with E-state index in [1.807, 2.05) is 60.2 Å². The van der Waals surface area contributed by atoms with E-state index in [1.54, 1.807) is 19.1 Å². The van der Waals surface area contributed by atoms with Crippen molar-refractivity contribution in [2.75, 3.05) is 11.9 Å². The summed E-state index contributed by atoms with van der Waals surface area (Å²) < 4.78 is 7.30. The molecule has 2 aromatic heterocycles. The summed E-state index contributed by atoms with van der Waals surface area (Å²) in [7, 11) is 0. The molecule has 4 rings (SSSR count). The van der Waals surface area contributed by atoms with Gasteiger partial charge in [0.1, 0.15) is 16.3 Å². The van der Waals surface area contributed by atoms with Gasteiger partial charge in [-0.1, -0.05) is 41.9 Å². The standard InChI is InChI=1S/C25H23ClN2O3S/c1-4-28-20-9-7-6-8-18(20)15(3)22(28)23(29)27-24-21(25(30)31-5-2)19(14-32-24)16-10-12-17(26)13-11-16/h6-14H,4-5H2,1-3H3,(H,27,29). The van der Waals surface area contributed by atoms with Crippen molar-refractivity contribution in [1.29, 1.82) is 0 Å². The molecule has 0 bridgehead atoms. The van der Waals surface area contributed by atoms with Gasteiger partial charge in [0.15, 0.2) is 0 Å². The molecule has 32 heavy (non-hydrogen) atoms. The minimum atomic E-state index is -0.471. The number of nitrogens with zero attached hydrogens (tertiary/aromatic N) is 1. The van der Waals surface area contributed by atoms with Gasteiger partial charge in [0.05, 0.1) is 6.61 Å². The van der Waals surface area contributed by atoms with E-state index in [0.717, 1.165) is 22.0 Å². The Morgan fingerprint density at radius 1 is 1.09 bits per heavy atom. The predicted molar refractivity (Wildman–Crippen MR) is 131 cm³/mol. The third-order valence-corrected chi connectivity index (χ3v) is 6.56. The Morgan fingerprint density at radius 3 is 2.50 bits per heavy atom. The molecule has 4 aromatic rings. The number of thiophene rings is 1. The Kier molecular flexibility index (Phi) is 6.35. The first kappa shape index (κ1) is 22.1. The molecule has 0 aliphatic heterocycles. The largest absolute Gasteiger partial charge is 0.462 e. The van der Waals surface area contributed by atoms with Crippen molar-refractivity contribution in [1.82, 2.24) is 4.57 Å². The number of carbonyl (C=O) groups is 2. The normalized spacial score (nSPS) is 11.0. The van der Waals surface area contributed by atoms with Crippen LogP contribution in [0, 0.1) is 6.92 Å². The fraction of sp³-hybridized carbons (Fsp3) is 0.200. The molecule has 2 aromatic carbocycles. The number of aryl methyl sites for hydroxylation is 2. The fourth-order valence-corrected chi connectivity index (χ4v) is 5.04. The number of hydrogen-bond donors (Lipinski definition) is 1. The number of aromatic nitrogens is 1. The maximum atomic E-state index is 13.4. The Hall–Kier alpha value is -3.09. The van der Waals surface area contributed by atoms with Crippen LogP contribution in [-0.2, 0) is 11.3 Å². The molecule has 0 atom stereocenters.